The number of piperazine rings is 1. The van der Waals surface area contributed by atoms with Crippen LogP contribution in [0.2, 0.25) is 0 Å². The second-order valence-electron chi connectivity index (χ2n) is 9.18. The summed E-state index contributed by atoms with van der Waals surface area (Å²) in [6, 6.07) is 2.42. The van der Waals surface area contributed by atoms with Crippen LogP contribution in [0.15, 0.2) is 18.5 Å². The molecule has 3 aromatic heterocycles. The Bertz CT molecular complexity index is 1170. The summed E-state index contributed by atoms with van der Waals surface area (Å²) < 4.78 is 7.37. The zero-order valence-electron chi connectivity index (χ0n) is 21.1. The molecule has 35 heavy (non-hydrogen) atoms. The number of rotatable bonds is 9. The Kier molecular flexibility index (Phi) is 7.64. The number of anilines is 2. The first kappa shape index (κ1) is 24.6. The van der Waals surface area contributed by atoms with Crippen LogP contribution in [0.4, 0.5) is 11.6 Å². The molecule has 0 aliphatic carbocycles. The predicted molar refractivity (Wildman–Crippen MR) is 135 cm³/mol. The molecule has 0 spiro atoms. The molecule has 0 radical (unpaired) electrons. The van der Waals surface area contributed by atoms with Crippen molar-refractivity contribution >= 4 is 23.2 Å². The summed E-state index contributed by atoms with van der Waals surface area (Å²) in [7, 11) is 3.59. The van der Waals surface area contributed by atoms with E-state index in [0.717, 1.165) is 61.7 Å². The van der Waals surface area contributed by atoms with Crippen LogP contribution in [0.1, 0.15) is 36.6 Å². The Balaban J connectivity index is 1.43. The maximum Gasteiger partial charge on any atom is 0.336 e. The van der Waals surface area contributed by atoms with Gasteiger partial charge in [-0.3, -0.25) is 9.69 Å². The van der Waals surface area contributed by atoms with Crippen molar-refractivity contribution in [3.63, 3.8) is 0 Å². The fraction of sp³-hybridized carbons (Fsp3) is 0.542. The molecule has 0 bridgehead atoms. The van der Waals surface area contributed by atoms with E-state index < -0.39 is 0 Å². The van der Waals surface area contributed by atoms with Gasteiger partial charge in [-0.05, 0) is 24.5 Å². The van der Waals surface area contributed by atoms with E-state index in [0.29, 0.717) is 31.0 Å². The van der Waals surface area contributed by atoms with E-state index in [1.54, 1.807) is 29.7 Å². The first-order valence-electron chi connectivity index (χ1n) is 12.1. The number of nitrogens with two attached hydrogens (primary N) is 1. The lowest BCUT2D eigenvalue weighted by atomic mass is 10.1. The number of aromatic nitrogens is 5. The summed E-state index contributed by atoms with van der Waals surface area (Å²) in [4.78, 5) is 31.5. The van der Waals surface area contributed by atoms with Crippen LogP contribution < -0.4 is 15.4 Å². The molecule has 2 N–H and O–H groups in total. The topological polar surface area (TPSA) is 118 Å². The number of nitrogen functional groups attached to an aromatic ring is 1. The first-order chi connectivity index (χ1) is 16.9. The summed E-state index contributed by atoms with van der Waals surface area (Å²) >= 11 is 0. The number of carbonyl (C=O) groups excluding carboxylic acids is 1. The standard InChI is InChI=1S/C24H35N9O2/c1-5-6-11-35-24-28-21(25)23-27-15-19(33(23)29-24)13-18-12-17(2)22(26-14-18)32-9-7-31(8-10-32)16-20(34)30(3)4/h12,14-15H,5-11,13,16H2,1-4H3,(H2,25,28,29). The molecule has 1 aliphatic heterocycles. The molecule has 0 atom stereocenters. The van der Waals surface area contributed by atoms with Crippen molar-refractivity contribution in [1.29, 1.82) is 0 Å². The van der Waals surface area contributed by atoms with E-state index in [2.05, 4.69) is 44.8 Å². The Morgan fingerprint density at radius 2 is 1.94 bits per heavy atom. The van der Waals surface area contributed by atoms with Crippen LogP contribution >= 0.6 is 0 Å². The number of hydrogen-bond acceptors (Lipinski definition) is 9. The Hall–Kier alpha value is -3.47. The monoisotopic (exact) mass is 481 g/mol. The van der Waals surface area contributed by atoms with Crippen LogP contribution in [-0.4, -0.2) is 93.7 Å². The maximum atomic E-state index is 12.0. The fourth-order valence-corrected chi connectivity index (χ4v) is 4.13. The molecular formula is C24H35N9O2. The van der Waals surface area contributed by atoms with Gasteiger partial charge in [-0.25, -0.2) is 14.5 Å². The van der Waals surface area contributed by atoms with E-state index in [9.17, 15) is 4.79 Å². The van der Waals surface area contributed by atoms with Crippen molar-refractivity contribution in [3.05, 3.63) is 35.3 Å². The number of carbonyl (C=O) groups is 1. The third-order valence-electron chi connectivity index (χ3n) is 6.19. The highest BCUT2D eigenvalue weighted by Gasteiger charge is 2.22. The van der Waals surface area contributed by atoms with Gasteiger partial charge in [-0.15, -0.1) is 5.10 Å². The summed E-state index contributed by atoms with van der Waals surface area (Å²) in [6.07, 6.45) is 6.25. The van der Waals surface area contributed by atoms with Crippen LogP contribution in [0.3, 0.4) is 0 Å². The Morgan fingerprint density at radius 3 is 2.63 bits per heavy atom. The lowest BCUT2D eigenvalue weighted by molar-refractivity contribution is -0.129. The van der Waals surface area contributed by atoms with Crippen LogP contribution in [0.25, 0.3) is 5.65 Å². The maximum absolute atomic E-state index is 12.0. The molecule has 1 aliphatic rings. The number of amides is 1. The number of hydrogen-bond donors (Lipinski definition) is 1. The van der Waals surface area contributed by atoms with Gasteiger partial charge < -0.3 is 20.3 Å². The Labute approximate surface area is 205 Å². The highest BCUT2D eigenvalue weighted by Crippen LogP contribution is 2.22. The second kappa shape index (κ2) is 10.9. The highest BCUT2D eigenvalue weighted by atomic mass is 16.5. The third-order valence-corrected chi connectivity index (χ3v) is 6.19. The smallest absolute Gasteiger partial charge is 0.336 e. The summed E-state index contributed by atoms with van der Waals surface area (Å²) in [5.74, 6) is 1.42. The molecule has 4 heterocycles. The summed E-state index contributed by atoms with van der Waals surface area (Å²) in [5.41, 5.74) is 9.68. The number of likely N-dealkylation sites (N-methyl/N-ethyl adjacent to an activating group) is 1. The van der Waals surface area contributed by atoms with Crippen molar-refractivity contribution in [2.45, 2.75) is 33.1 Å². The molecule has 11 heteroatoms. The molecule has 0 unspecified atom stereocenters. The number of unbranched alkanes of at least 4 members (excludes halogenated alkanes) is 1. The zero-order valence-corrected chi connectivity index (χ0v) is 21.1. The van der Waals surface area contributed by atoms with E-state index in [-0.39, 0.29) is 11.9 Å². The van der Waals surface area contributed by atoms with Gasteiger partial charge >= 0.3 is 6.01 Å². The molecule has 1 saturated heterocycles. The van der Waals surface area contributed by atoms with Crippen molar-refractivity contribution in [1.82, 2.24) is 34.4 Å². The van der Waals surface area contributed by atoms with Crippen LogP contribution in [-0.2, 0) is 11.2 Å². The van der Waals surface area contributed by atoms with E-state index in [1.807, 2.05) is 6.20 Å². The van der Waals surface area contributed by atoms with Crippen LogP contribution in [0, 0.1) is 6.92 Å². The van der Waals surface area contributed by atoms with Gasteiger partial charge in [-0.1, -0.05) is 19.4 Å². The number of nitrogens with zero attached hydrogens (tertiary/aromatic N) is 8. The average Bonchev–Trinajstić information content (AvgIpc) is 3.23. The molecule has 1 amide bonds. The molecule has 4 rings (SSSR count). The number of ether oxygens (including phenoxy) is 1. The fourth-order valence-electron chi connectivity index (χ4n) is 4.13. The molecule has 3 aromatic rings. The SMILES string of the molecule is CCCCOc1nc(N)c2ncc(Cc3cnc(N4CCN(CC(=O)N(C)C)CC4)c(C)c3)n2n1. The van der Waals surface area contributed by atoms with Gasteiger partial charge in [0.1, 0.15) is 5.82 Å². The number of fused-ring (bicyclic) bond motifs is 1. The molecule has 0 aromatic carbocycles. The van der Waals surface area contributed by atoms with E-state index in [1.165, 1.54) is 0 Å². The first-order valence-corrected chi connectivity index (χ1v) is 12.1. The molecule has 11 nitrogen and oxygen atoms in total. The van der Waals surface area contributed by atoms with Crippen molar-refractivity contribution in [2.24, 2.45) is 0 Å². The molecule has 1 fully saturated rings. The van der Waals surface area contributed by atoms with Gasteiger partial charge in [0.05, 0.1) is 25.0 Å². The number of aryl methyl sites for hydroxylation is 1. The van der Waals surface area contributed by atoms with Crippen LogP contribution in [0.5, 0.6) is 6.01 Å². The molecule has 188 valence electrons. The molecule has 0 saturated carbocycles. The minimum Gasteiger partial charge on any atom is -0.462 e. The van der Waals surface area contributed by atoms with E-state index in [4.69, 9.17) is 15.5 Å². The minimum atomic E-state index is 0.135. The lowest BCUT2D eigenvalue weighted by Gasteiger charge is -2.36. The van der Waals surface area contributed by atoms with Gasteiger partial charge in [-0.2, -0.15) is 4.98 Å². The van der Waals surface area contributed by atoms with Crippen molar-refractivity contribution < 1.29 is 9.53 Å². The average molecular weight is 482 g/mol. The minimum absolute atomic E-state index is 0.135. The predicted octanol–water partition coefficient (Wildman–Crippen LogP) is 1.39. The van der Waals surface area contributed by atoms with Crippen molar-refractivity contribution in [3.8, 4) is 6.01 Å². The normalized spacial score (nSPS) is 14.5. The zero-order chi connectivity index (χ0) is 24.9. The summed E-state index contributed by atoms with van der Waals surface area (Å²) in [5, 5.41) is 4.50. The highest BCUT2D eigenvalue weighted by molar-refractivity contribution is 5.77. The molecular weight excluding hydrogens is 446 g/mol. The largest absolute Gasteiger partial charge is 0.462 e. The Morgan fingerprint density at radius 1 is 1.17 bits per heavy atom. The van der Waals surface area contributed by atoms with Crippen molar-refractivity contribution in [2.75, 3.05) is 64.1 Å². The quantitative estimate of drug-likeness (QED) is 0.452. The third kappa shape index (κ3) is 5.79. The van der Waals surface area contributed by atoms with Gasteiger partial charge in [0.2, 0.25) is 5.91 Å². The summed E-state index contributed by atoms with van der Waals surface area (Å²) in [6.45, 7) is 8.58. The van der Waals surface area contributed by atoms with Gasteiger partial charge in [0.25, 0.3) is 0 Å². The number of imidazole rings is 1. The number of pyridine rings is 1. The van der Waals surface area contributed by atoms with E-state index >= 15 is 0 Å². The lowest BCUT2D eigenvalue weighted by Crippen LogP contribution is -2.49. The van der Waals surface area contributed by atoms with Gasteiger partial charge in [0.15, 0.2) is 11.5 Å². The van der Waals surface area contributed by atoms with Gasteiger partial charge in [0, 0.05) is 52.9 Å². The second-order valence-corrected chi connectivity index (χ2v) is 9.18.